The smallest absolute Gasteiger partial charge is 0.255 e. The summed E-state index contributed by atoms with van der Waals surface area (Å²) in [6.07, 6.45) is 4.79. The van der Waals surface area contributed by atoms with E-state index in [-0.39, 0.29) is 17.1 Å². The van der Waals surface area contributed by atoms with Gasteiger partial charge in [0.1, 0.15) is 5.15 Å². The predicted octanol–water partition coefficient (Wildman–Crippen LogP) is 3.40. The third-order valence-corrected chi connectivity index (χ3v) is 3.79. The number of amides is 1. The van der Waals surface area contributed by atoms with Crippen molar-refractivity contribution >= 4 is 29.1 Å². The first-order chi connectivity index (χ1) is 8.09. The molecule has 17 heavy (non-hydrogen) atoms. The summed E-state index contributed by atoms with van der Waals surface area (Å²) >= 11 is 11.6. The van der Waals surface area contributed by atoms with Gasteiger partial charge in [0.05, 0.1) is 10.6 Å². The van der Waals surface area contributed by atoms with Gasteiger partial charge in [0, 0.05) is 18.8 Å². The average molecular weight is 273 g/mol. The summed E-state index contributed by atoms with van der Waals surface area (Å²) in [7, 11) is 0. The van der Waals surface area contributed by atoms with Crippen molar-refractivity contribution in [1.82, 2.24) is 9.88 Å². The minimum Gasteiger partial charge on any atom is -0.336 e. The second-order valence-electron chi connectivity index (χ2n) is 4.34. The number of rotatable bonds is 1. The van der Waals surface area contributed by atoms with Crippen molar-refractivity contribution in [3.8, 4) is 0 Å². The number of carbonyl (C=O) groups is 1. The highest BCUT2D eigenvalue weighted by atomic mass is 35.5. The molecule has 2 heterocycles. The first-order valence-corrected chi connectivity index (χ1v) is 6.47. The lowest BCUT2D eigenvalue weighted by Crippen LogP contribution is -2.42. The Kier molecular flexibility index (Phi) is 3.89. The van der Waals surface area contributed by atoms with E-state index in [4.69, 9.17) is 23.2 Å². The molecule has 5 heteroatoms. The van der Waals surface area contributed by atoms with Crippen molar-refractivity contribution in [3.63, 3.8) is 0 Å². The number of hydrogen-bond donors (Lipinski definition) is 0. The summed E-state index contributed by atoms with van der Waals surface area (Å²) in [6, 6.07) is 1.87. The van der Waals surface area contributed by atoms with Gasteiger partial charge in [-0.3, -0.25) is 4.79 Å². The lowest BCUT2D eigenvalue weighted by Gasteiger charge is -2.33. The van der Waals surface area contributed by atoms with Gasteiger partial charge in [-0.2, -0.15) is 0 Å². The number of hydrogen-bond acceptors (Lipinski definition) is 2. The largest absolute Gasteiger partial charge is 0.336 e. The Labute approximate surface area is 111 Å². The van der Waals surface area contributed by atoms with Crippen LogP contribution in [0.5, 0.6) is 0 Å². The van der Waals surface area contributed by atoms with Crippen LogP contribution in [0.25, 0.3) is 0 Å². The number of piperidine rings is 1. The molecule has 1 aromatic rings. The molecule has 0 aliphatic carbocycles. The van der Waals surface area contributed by atoms with Crippen LogP contribution < -0.4 is 0 Å². The molecule has 1 atom stereocenters. The van der Waals surface area contributed by atoms with E-state index in [0.717, 1.165) is 19.4 Å². The van der Waals surface area contributed by atoms with Gasteiger partial charge in [-0.25, -0.2) is 4.98 Å². The zero-order chi connectivity index (χ0) is 12.4. The highest BCUT2D eigenvalue weighted by Crippen LogP contribution is 2.23. The second kappa shape index (κ2) is 5.23. The molecule has 0 spiro atoms. The molecule has 0 unspecified atom stereocenters. The van der Waals surface area contributed by atoms with Crippen LogP contribution in [0, 0.1) is 0 Å². The van der Waals surface area contributed by atoms with E-state index in [1.54, 1.807) is 6.07 Å². The van der Waals surface area contributed by atoms with Crippen LogP contribution in [0.4, 0.5) is 0 Å². The highest BCUT2D eigenvalue weighted by molar-refractivity contribution is 6.41. The monoisotopic (exact) mass is 272 g/mol. The molecule has 0 N–H and O–H groups in total. The van der Waals surface area contributed by atoms with Crippen molar-refractivity contribution in [2.75, 3.05) is 6.54 Å². The fourth-order valence-corrected chi connectivity index (χ4v) is 2.37. The highest BCUT2D eigenvalue weighted by Gasteiger charge is 2.24. The zero-order valence-corrected chi connectivity index (χ0v) is 11.1. The van der Waals surface area contributed by atoms with Gasteiger partial charge in [-0.1, -0.05) is 23.2 Å². The normalized spacial score (nSPS) is 20.4. The molecular formula is C12H14Cl2N2O. The molecule has 0 saturated carbocycles. The van der Waals surface area contributed by atoms with E-state index in [1.165, 1.54) is 12.6 Å². The molecular weight excluding hydrogens is 259 g/mol. The van der Waals surface area contributed by atoms with Crippen LogP contribution in [-0.2, 0) is 0 Å². The fourth-order valence-electron chi connectivity index (χ4n) is 2.10. The Morgan fingerprint density at radius 3 is 2.88 bits per heavy atom. The van der Waals surface area contributed by atoms with Crippen LogP contribution in [-0.4, -0.2) is 28.4 Å². The van der Waals surface area contributed by atoms with Crippen LogP contribution in [0.3, 0.4) is 0 Å². The maximum absolute atomic E-state index is 12.3. The molecule has 1 aromatic heterocycles. The molecule has 0 aromatic carbocycles. The lowest BCUT2D eigenvalue weighted by atomic mass is 10.0. The van der Waals surface area contributed by atoms with Gasteiger partial charge in [0.25, 0.3) is 5.91 Å². The van der Waals surface area contributed by atoms with Gasteiger partial charge in [0.15, 0.2) is 0 Å². The molecule has 0 radical (unpaired) electrons. The van der Waals surface area contributed by atoms with E-state index in [2.05, 4.69) is 11.9 Å². The van der Waals surface area contributed by atoms with Crippen molar-refractivity contribution in [2.45, 2.75) is 32.2 Å². The van der Waals surface area contributed by atoms with Crippen molar-refractivity contribution in [1.29, 1.82) is 0 Å². The first-order valence-electron chi connectivity index (χ1n) is 5.71. The summed E-state index contributed by atoms with van der Waals surface area (Å²) < 4.78 is 0. The fraction of sp³-hybridized carbons (Fsp3) is 0.500. The summed E-state index contributed by atoms with van der Waals surface area (Å²) in [5.74, 6) is -0.0109. The maximum atomic E-state index is 12.3. The SMILES string of the molecule is C[C@@H]1CCCCN1C(=O)c1cnc(Cl)c(Cl)c1. The van der Waals surface area contributed by atoms with E-state index in [1.807, 2.05) is 4.90 Å². The molecule has 1 aliphatic rings. The Morgan fingerprint density at radius 1 is 1.47 bits per heavy atom. The van der Waals surface area contributed by atoms with Crippen molar-refractivity contribution in [2.24, 2.45) is 0 Å². The van der Waals surface area contributed by atoms with Gasteiger partial charge in [-0.15, -0.1) is 0 Å². The van der Waals surface area contributed by atoms with Gasteiger partial charge >= 0.3 is 0 Å². The summed E-state index contributed by atoms with van der Waals surface area (Å²) in [5.41, 5.74) is 0.508. The van der Waals surface area contributed by atoms with Crippen molar-refractivity contribution in [3.05, 3.63) is 28.0 Å². The molecule has 1 saturated heterocycles. The van der Waals surface area contributed by atoms with E-state index < -0.39 is 0 Å². The number of aromatic nitrogens is 1. The Morgan fingerprint density at radius 2 is 2.24 bits per heavy atom. The van der Waals surface area contributed by atoms with Gasteiger partial charge in [-0.05, 0) is 32.3 Å². The number of likely N-dealkylation sites (tertiary alicyclic amines) is 1. The Bertz CT molecular complexity index is 437. The van der Waals surface area contributed by atoms with E-state index >= 15 is 0 Å². The Hall–Kier alpha value is -0.800. The lowest BCUT2D eigenvalue weighted by molar-refractivity contribution is 0.0635. The summed E-state index contributed by atoms with van der Waals surface area (Å²) in [4.78, 5) is 18.0. The Balaban J connectivity index is 2.21. The van der Waals surface area contributed by atoms with Crippen molar-refractivity contribution < 1.29 is 4.79 Å². The standard InChI is InChI=1S/C12H14Cl2N2O/c1-8-4-2-3-5-16(8)12(17)9-6-10(13)11(14)15-7-9/h6-8H,2-5H2,1H3/t8-/m1/s1. The molecule has 92 valence electrons. The molecule has 1 amide bonds. The molecule has 3 nitrogen and oxygen atoms in total. The van der Waals surface area contributed by atoms with E-state index in [9.17, 15) is 4.79 Å². The maximum Gasteiger partial charge on any atom is 0.255 e. The second-order valence-corrected chi connectivity index (χ2v) is 5.11. The topological polar surface area (TPSA) is 33.2 Å². The summed E-state index contributed by atoms with van der Waals surface area (Å²) in [6.45, 7) is 2.88. The predicted molar refractivity (Wildman–Crippen MR) is 68.6 cm³/mol. The van der Waals surface area contributed by atoms with Crippen LogP contribution >= 0.6 is 23.2 Å². The van der Waals surface area contributed by atoms with Gasteiger partial charge < -0.3 is 4.90 Å². The number of halogens is 2. The van der Waals surface area contributed by atoms with Crippen LogP contribution in [0.15, 0.2) is 12.3 Å². The average Bonchev–Trinajstić information content (AvgIpc) is 2.32. The van der Waals surface area contributed by atoms with E-state index in [0.29, 0.717) is 10.6 Å². The first kappa shape index (κ1) is 12.7. The molecule has 1 aliphatic heterocycles. The minimum absolute atomic E-state index is 0.0109. The molecule has 0 bridgehead atoms. The zero-order valence-electron chi connectivity index (χ0n) is 9.62. The van der Waals surface area contributed by atoms with Crippen LogP contribution in [0.2, 0.25) is 10.2 Å². The summed E-state index contributed by atoms with van der Waals surface area (Å²) in [5, 5.41) is 0.553. The van der Waals surface area contributed by atoms with Crippen LogP contribution in [0.1, 0.15) is 36.5 Å². The minimum atomic E-state index is -0.0109. The number of pyridine rings is 1. The third-order valence-electron chi connectivity index (χ3n) is 3.11. The molecule has 1 fully saturated rings. The van der Waals surface area contributed by atoms with Gasteiger partial charge in [0.2, 0.25) is 0 Å². The third kappa shape index (κ3) is 2.72. The quantitative estimate of drug-likeness (QED) is 0.735. The number of carbonyl (C=O) groups excluding carboxylic acids is 1. The number of nitrogens with zero attached hydrogens (tertiary/aromatic N) is 2. The molecule has 2 rings (SSSR count).